The minimum absolute atomic E-state index is 0.0867. The topological polar surface area (TPSA) is 122 Å². The summed E-state index contributed by atoms with van der Waals surface area (Å²) in [6, 6.07) is 13.1. The van der Waals surface area contributed by atoms with E-state index in [4.69, 9.17) is 5.73 Å². The fraction of sp³-hybridized carbons (Fsp3) is 0.136. The molecule has 4 rings (SSSR count). The van der Waals surface area contributed by atoms with E-state index < -0.39 is 11.9 Å². The molecule has 0 spiro atoms. The second kappa shape index (κ2) is 9.51. The van der Waals surface area contributed by atoms with Crippen LogP contribution in [0.3, 0.4) is 0 Å². The summed E-state index contributed by atoms with van der Waals surface area (Å²) in [4.78, 5) is 29.8. The van der Waals surface area contributed by atoms with Gasteiger partial charge in [0.25, 0.3) is 0 Å². The van der Waals surface area contributed by atoms with E-state index in [0.29, 0.717) is 5.56 Å². The first-order valence-electron chi connectivity index (χ1n) is 9.71. The number of hydrogen-bond acceptors (Lipinski definition) is 6. The van der Waals surface area contributed by atoms with E-state index in [2.05, 4.69) is 31.5 Å². The molecule has 0 fully saturated rings. The Balaban J connectivity index is 1.36. The second-order valence-corrected chi connectivity index (χ2v) is 8.81. The van der Waals surface area contributed by atoms with Gasteiger partial charge in [-0.25, -0.2) is 4.98 Å². The summed E-state index contributed by atoms with van der Waals surface area (Å²) in [5.74, 6) is -0.733. The van der Waals surface area contributed by atoms with Crippen LogP contribution in [-0.4, -0.2) is 32.9 Å². The van der Waals surface area contributed by atoms with Crippen molar-refractivity contribution in [2.24, 2.45) is 5.73 Å². The summed E-state index contributed by atoms with van der Waals surface area (Å²) in [7, 11) is 0. The lowest BCUT2D eigenvalue weighted by molar-refractivity contribution is -0.127. The number of carbonyl (C=O) groups is 2. The zero-order valence-corrected chi connectivity index (χ0v) is 19.2. The molecule has 0 saturated heterocycles. The molecule has 0 aliphatic carbocycles. The van der Waals surface area contributed by atoms with Gasteiger partial charge >= 0.3 is 0 Å². The van der Waals surface area contributed by atoms with E-state index in [9.17, 15) is 14.7 Å². The van der Waals surface area contributed by atoms with Crippen molar-refractivity contribution in [3.63, 3.8) is 0 Å². The maximum Gasteiger partial charge on any atom is 0.241 e. The number of nitrogens with one attached hydrogen (secondary N) is 2. The Morgan fingerprint density at radius 3 is 2.56 bits per heavy atom. The number of carbonyl (C=O) groups excluding carboxylic acids is 2. The van der Waals surface area contributed by atoms with Crippen LogP contribution in [-0.2, 0) is 16.1 Å². The molecule has 32 heavy (non-hydrogen) atoms. The fourth-order valence-corrected chi connectivity index (χ4v) is 4.33. The number of rotatable bonds is 7. The second-order valence-electron chi connectivity index (χ2n) is 7.06. The largest absolute Gasteiger partial charge is 0.508 e. The number of aromatic hydroxyl groups is 1. The minimum atomic E-state index is -0.933. The SMILES string of the molecule is N[C@H](C(=O)NCC(=O)NCc1cnc2scc(-c3ccc(Br)cc3)n12)c1ccc(O)cc1. The zero-order valence-electron chi connectivity index (χ0n) is 16.8. The lowest BCUT2D eigenvalue weighted by Crippen LogP contribution is -2.40. The first kappa shape index (κ1) is 22.0. The third kappa shape index (κ3) is 4.82. The Bertz CT molecular complexity index is 1250. The van der Waals surface area contributed by atoms with Gasteiger partial charge in [-0.2, -0.15) is 0 Å². The number of nitrogens with zero attached hydrogens (tertiary/aromatic N) is 2. The molecule has 0 aliphatic heterocycles. The Labute approximate surface area is 196 Å². The Morgan fingerprint density at radius 1 is 1.12 bits per heavy atom. The molecule has 1 atom stereocenters. The van der Waals surface area contributed by atoms with Crippen LogP contribution in [0.25, 0.3) is 16.2 Å². The van der Waals surface area contributed by atoms with Crippen molar-refractivity contribution in [3.05, 3.63) is 75.8 Å². The molecule has 2 heterocycles. The number of phenolic OH excluding ortho intramolecular Hbond substituents is 1. The molecule has 0 unspecified atom stereocenters. The number of phenols is 1. The number of fused-ring (bicyclic) bond motifs is 1. The van der Waals surface area contributed by atoms with Crippen molar-refractivity contribution in [1.82, 2.24) is 20.0 Å². The number of halogens is 1. The van der Waals surface area contributed by atoms with Gasteiger partial charge in [0.2, 0.25) is 11.8 Å². The molecule has 164 valence electrons. The van der Waals surface area contributed by atoms with Gasteiger partial charge in [-0.15, -0.1) is 11.3 Å². The molecular formula is C22H20BrN5O3S. The Kier molecular flexibility index (Phi) is 6.54. The maximum atomic E-state index is 12.3. The number of imidazole rings is 1. The van der Waals surface area contributed by atoms with Crippen LogP contribution >= 0.6 is 27.3 Å². The quantitative estimate of drug-likeness (QED) is 0.302. The van der Waals surface area contributed by atoms with Crippen molar-refractivity contribution >= 4 is 44.0 Å². The van der Waals surface area contributed by atoms with E-state index in [1.807, 2.05) is 34.0 Å². The fourth-order valence-electron chi connectivity index (χ4n) is 3.17. The van der Waals surface area contributed by atoms with Gasteiger partial charge in [0.15, 0.2) is 4.96 Å². The highest BCUT2D eigenvalue weighted by atomic mass is 79.9. The van der Waals surface area contributed by atoms with Crippen molar-refractivity contribution in [3.8, 4) is 17.0 Å². The summed E-state index contributed by atoms with van der Waals surface area (Å²) in [6.07, 6.45) is 1.73. The van der Waals surface area contributed by atoms with Crippen molar-refractivity contribution in [2.75, 3.05) is 6.54 Å². The summed E-state index contributed by atoms with van der Waals surface area (Å²) >= 11 is 4.97. The monoisotopic (exact) mass is 513 g/mol. The molecule has 0 saturated carbocycles. The van der Waals surface area contributed by atoms with Crippen molar-refractivity contribution in [1.29, 1.82) is 0 Å². The summed E-state index contributed by atoms with van der Waals surface area (Å²) in [6.45, 7) is 0.0654. The molecule has 5 N–H and O–H groups in total. The van der Waals surface area contributed by atoms with Gasteiger partial charge in [-0.05, 0) is 35.4 Å². The number of benzene rings is 2. The molecule has 8 nitrogen and oxygen atoms in total. The van der Waals surface area contributed by atoms with Gasteiger partial charge < -0.3 is 21.5 Å². The minimum Gasteiger partial charge on any atom is -0.508 e. The highest BCUT2D eigenvalue weighted by molar-refractivity contribution is 9.10. The number of nitrogens with two attached hydrogens (primary N) is 1. The molecule has 2 aromatic heterocycles. The molecule has 0 aliphatic rings. The predicted molar refractivity (Wildman–Crippen MR) is 126 cm³/mol. The highest BCUT2D eigenvalue weighted by Crippen LogP contribution is 2.28. The predicted octanol–water partition coefficient (Wildman–Crippen LogP) is 2.96. The molecule has 2 aromatic carbocycles. The van der Waals surface area contributed by atoms with E-state index in [1.165, 1.54) is 23.5 Å². The highest BCUT2D eigenvalue weighted by Gasteiger charge is 2.17. The maximum absolute atomic E-state index is 12.3. The normalized spacial score (nSPS) is 11.9. The third-order valence-corrected chi connectivity index (χ3v) is 6.25. The van der Waals surface area contributed by atoms with E-state index in [0.717, 1.165) is 26.4 Å². The number of thiazole rings is 1. The molecule has 0 radical (unpaired) electrons. The lowest BCUT2D eigenvalue weighted by Gasteiger charge is -2.13. The summed E-state index contributed by atoms with van der Waals surface area (Å²) in [5.41, 5.74) is 9.33. The number of amides is 2. The van der Waals surface area contributed by atoms with Crippen LogP contribution in [0.5, 0.6) is 5.75 Å². The van der Waals surface area contributed by atoms with Gasteiger partial charge in [0.1, 0.15) is 11.8 Å². The van der Waals surface area contributed by atoms with E-state index in [-0.39, 0.29) is 24.7 Å². The van der Waals surface area contributed by atoms with Crippen molar-refractivity contribution in [2.45, 2.75) is 12.6 Å². The first-order valence-corrected chi connectivity index (χ1v) is 11.4. The summed E-state index contributed by atoms with van der Waals surface area (Å²) in [5, 5.41) is 16.7. The molecule has 4 aromatic rings. The van der Waals surface area contributed by atoms with Crippen LogP contribution in [0.4, 0.5) is 0 Å². The molecule has 10 heteroatoms. The van der Waals surface area contributed by atoms with Crippen molar-refractivity contribution < 1.29 is 14.7 Å². The van der Waals surface area contributed by atoms with Gasteiger partial charge in [0.05, 0.1) is 30.7 Å². The standard InChI is InChI=1S/C22H20BrN5O3S/c23-15-5-1-13(2-6-15)18-12-32-22-27-10-16(28(18)22)9-25-19(30)11-26-21(31)20(24)14-3-7-17(29)8-4-14/h1-8,10,12,20,29H,9,11,24H2,(H,25,30)(H,26,31)/t20-/m0/s1. The van der Waals surface area contributed by atoms with Crippen LogP contribution in [0.15, 0.2) is 64.6 Å². The summed E-state index contributed by atoms with van der Waals surface area (Å²) < 4.78 is 3.01. The van der Waals surface area contributed by atoms with Crippen LogP contribution < -0.4 is 16.4 Å². The van der Waals surface area contributed by atoms with Crippen LogP contribution in [0.2, 0.25) is 0 Å². The van der Waals surface area contributed by atoms with E-state index in [1.54, 1.807) is 18.3 Å². The third-order valence-electron chi connectivity index (χ3n) is 4.88. The van der Waals surface area contributed by atoms with E-state index >= 15 is 0 Å². The average Bonchev–Trinajstić information content (AvgIpc) is 3.39. The molecule has 2 amide bonds. The molecule has 0 bridgehead atoms. The zero-order chi connectivity index (χ0) is 22.7. The lowest BCUT2D eigenvalue weighted by atomic mass is 10.1. The van der Waals surface area contributed by atoms with Gasteiger partial charge in [0, 0.05) is 9.85 Å². The molecular weight excluding hydrogens is 494 g/mol. The van der Waals surface area contributed by atoms with Gasteiger partial charge in [-0.3, -0.25) is 14.0 Å². The Morgan fingerprint density at radius 2 is 1.84 bits per heavy atom. The van der Waals surface area contributed by atoms with Crippen LogP contribution in [0, 0.1) is 0 Å². The first-order chi connectivity index (χ1) is 15.4. The average molecular weight is 514 g/mol. The number of hydrogen-bond donors (Lipinski definition) is 4. The van der Waals surface area contributed by atoms with Crippen LogP contribution in [0.1, 0.15) is 17.3 Å². The number of aromatic nitrogens is 2. The smallest absolute Gasteiger partial charge is 0.241 e. The Hall–Kier alpha value is -3.21. The van der Waals surface area contributed by atoms with Gasteiger partial charge in [-0.1, -0.05) is 40.2 Å².